The Balaban J connectivity index is 1.99. The van der Waals surface area contributed by atoms with Gasteiger partial charge < -0.3 is 9.80 Å². The molecule has 1 aromatic rings. The van der Waals surface area contributed by atoms with Crippen molar-refractivity contribution in [2.45, 2.75) is 18.9 Å². The van der Waals surface area contributed by atoms with E-state index in [-0.39, 0.29) is 0 Å². The zero-order chi connectivity index (χ0) is 12.3. The lowest BCUT2D eigenvalue weighted by Crippen LogP contribution is -2.36. The van der Waals surface area contributed by atoms with Crippen LogP contribution >= 0.6 is 0 Å². The van der Waals surface area contributed by atoms with Crippen molar-refractivity contribution in [1.29, 1.82) is 5.26 Å². The van der Waals surface area contributed by atoms with Crippen molar-refractivity contribution in [3.8, 4) is 6.07 Å². The summed E-state index contributed by atoms with van der Waals surface area (Å²) in [6, 6.07) is 10.6. The SMILES string of the molecule is CN(CC1CCCN1C)c1ccc(C#N)cc1. The number of nitrogens with zero attached hydrogens (tertiary/aromatic N) is 3. The fraction of sp³-hybridized carbons (Fsp3) is 0.500. The largest absolute Gasteiger partial charge is 0.373 e. The van der Waals surface area contributed by atoms with Crippen LogP contribution in [0.4, 0.5) is 5.69 Å². The summed E-state index contributed by atoms with van der Waals surface area (Å²) >= 11 is 0. The van der Waals surface area contributed by atoms with Gasteiger partial charge in [0.15, 0.2) is 0 Å². The molecule has 0 aromatic heterocycles. The molecule has 3 nitrogen and oxygen atoms in total. The summed E-state index contributed by atoms with van der Waals surface area (Å²) in [7, 11) is 4.32. The molecular formula is C14H19N3. The number of rotatable bonds is 3. The molecule has 0 bridgehead atoms. The third kappa shape index (κ3) is 2.78. The molecule has 17 heavy (non-hydrogen) atoms. The monoisotopic (exact) mass is 229 g/mol. The highest BCUT2D eigenvalue weighted by atomic mass is 15.2. The van der Waals surface area contributed by atoms with Crippen LogP contribution in [0.25, 0.3) is 0 Å². The zero-order valence-corrected chi connectivity index (χ0v) is 10.6. The second kappa shape index (κ2) is 5.20. The summed E-state index contributed by atoms with van der Waals surface area (Å²) in [5.74, 6) is 0. The Bertz CT molecular complexity index is 404. The smallest absolute Gasteiger partial charge is 0.0991 e. The molecule has 0 N–H and O–H groups in total. The molecule has 1 aliphatic heterocycles. The van der Waals surface area contributed by atoms with Crippen LogP contribution in [0.15, 0.2) is 24.3 Å². The molecule has 1 fully saturated rings. The fourth-order valence-electron chi connectivity index (χ4n) is 2.42. The molecule has 1 saturated heterocycles. The topological polar surface area (TPSA) is 30.3 Å². The van der Waals surface area contributed by atoms with Gasteiger partial charge in [-0.1, -0.05) is 0 Å². The molecule has 0 spiro atoms. The molecule has 0 amide bonds. The van der Waals surface area contributed by atoms with Crippen LogP contribution in [-0.2, 0) is 0 Å². The predicted molar refractivity (Wildman–Crippen MR) is 70.1 cm³/mol. The van der Waals surface area contributed by atoms with E-state index in [1.165, 1.54) is 25.1 Å². The summed E-state index contributed by atoms with van der Waals surface area (Å²) in [5.41, 5.74) is 1.91. The molecule has 1 atom stereocenters. The molecule has 90 valence electrons. The molecule has 0 saturated carbocycles. The van der Waals surface area contributed by atoms with E-state index in [1.54, 1.807) is 0 Å². The van der Waals surface area contributed by atoms with E-state index in [2.05, 4.69) is 30.0 Å². The van der Waals surface area contributed by atoms with Gasteiger partial charge in [-0.25, -0.2) is 0 Å². The summed E-state index contributed by atoms with van der Waals surface area (Å²) in [5, 5.41) is 8.76. The quantitative estimate of drug-likeness (QED) is 0.795. The number of nitriles is 1. The molecule has 1 aliphatic rings. The second-order valence-corrected chi connectivity index (χ2v) is 4.82. The Morgan fingerprint density at radius 1 is 1.41 bits per heavy atom. The number of likely N-dealkylation sites (tertiary alicyclic amines) is 1. The standard InChI is InChI=1S/C14H19N3/c1-16-9-3-4-14(16)11-17(2)13-7-5-12(10-15)6-8-13/h5-8,14H,3-4,9,11H2,1-2H3. The van der Waals surface area contributed by atoms with Gasteiger partial charge in [0.1, 0.15) is 0 Å². The normalized spacial score (nSPS) is 20.2. The number of hydrogen-bond donors (Lipinski definition) is 0. The van der Waals surface area contributed by atoms with Crippen LogP contribution in [0.3, 0.4) is 0 Å². The van der Waals surface area contributed by atoms with Crippen molar-refractivity contribution < 1.29 is 0 Å². The summed E-state index contributed by atoms with van der Waals surface area (Å²) < 4.78 is 0. The number of benzene rings is 1. The Labute approximate surface area is 103 Å². The Morgan fingerprint density at radius 2 is 2.12 bits per heavy atom. The van der Waals surface area contributed by atoms with Gasteiger partial charge in [-0.15, -0.1) is 0 Å². The summed E-state index contributed by atoms with van der Waals surface area (Å²) in [4.78, 5) is 4.70. The van der Waals surface area contributed by atoms with E-state index in [4.69, 9.17) is 5.26 Å². The van der Waals surface area contributed by atoms with Crippen LogP contribution < -0.4 is 4.90 Å². The van der Waals surface area contributed by atoms with E-state index in [9.17, 15) is 0 Å². The van der Waals surface area contributed by atoms with Gasteiger partial charge in [-0.2, -0.15) is 5.26 Å². The van der Waals surface area contributed by atoms with Gasteiger partial charge >= 0.3 is 0 Å². The third-order valence-corrected chi connectivity index (χ3v) is 3.59. The van der Waals surface area contributed by atoms with Crippen molar-refractivity contribution in [3.05, 3.63) is 29.8 Å². The Kier molecular flexibility index (Phi) is 3.65. The number of likely N-dealkylation sites (N-methyl/N-ethyl adjacent to an activating group) is 2. The van der Waals surface area contributed by atoms with Crippen LogP contribution in [0.2, 0.25) is 0 Å². The minimum Gasteiger partial charge on any atom is -0.373 e. The first kappa shape index (κ1) is 11.9. The van der Waals surface area contributed by atoms with E-state index in [0.29, 0.717) is 6.04 Å². The van der Waals surface area contributed by atoms with Gasteiger partial charge in [-0.05, 0) is 50.7 Å². The minimum atomic E-state index is 0.663. The van der Waals surface area contributed by atoms with E-state index in [1.807, 2.05) is 24.3 Å². The summed E-state index contributed by atoms with van der Waals surface area (Å²) in [6.07, 6.45) is 2.60. The highest BCUT2D eigenvalue weighted by Crippen LogP contribution is 2.19. The molecule has 0 radical (unpaired) electrons. The molecule has 1 unspecified atom stereocenters. The van der Waals surface area contributed by atoms with E-state index in [0.717, 1.165) is 12.1 Å². The van der Waals surface area contributed by atoms with Gasteiger partial charge in [0, 0.05) is 25.3 Å². The average molecular weight is 229 g/mol. The lowest BCUT2D eigenvalue weighted by Gasteiger charge is -2.27. The molecule has 2 rings (SSSR count). The number of anilines is 1. The van der Waals surface area contributed by atoms with Crippen molar-refractivity contribution in [1.82, 2.24) is 4.90 Å². The van der Waals surface area contributed by atoms with Crippen molar-refractivity contribution in [2.75, 3.05) is 32.1 Å². The first-order valence-electron chi connectivity index (χ1n) is 6.12. The van der Waals surface area contributed by atoms with Gasteiger partial charge in [-0.3, -0.25) is 0 Å². The third-order valence-electron chi connectivity index (χ3n) is 3.59. The van der Waals surface area contributed by atoms with E-state index < -0.39 is 0 Å². The van der Waals surface area contributed by atoms with Crippen LogP contribution in [0.1, 0.15) is 18.4 Å². The Morgan fingerprint density at radius 3 is 2.65 bits per heavy atom. The summed E-state index contributed by atoms with van der Waals surface area (Å²) in [6.45, 7) is 2.27. The van der Waals surface area contributed by atoms with Crippen molar-refractivity contribution in [2.24, 2.45) is 0 Å². The van der Waals surface area contributed by atoms with Crippen molar-refractivity contribution >= 4 is 5.69 Å². The van der Waals surface area contributed by atoms with Gasteiger partial charge in [0.2, 0.25) is 0 Å². The van der Waals surface area contributed by atoms with E-state index >= 15 is 0 Å². The second-order valence-electron chi connectivity index (χ2n) is 4.82. The van der Waals surface area contributed by atoms with Gasteiger partial charge in [0.05, 0.1) is 11.6 Å². The van der Waals surface area contributed by atoms with Crippen molar-refractivity contribution in [3.63, 3.8) is 0 Å². The zero-order valence-electron chi connectivity index (χ0n) is 10.6. The van der Waals surface area contributed by atoms with Crippen LogP contribution in [0.5, 0.6) is 0 Å². The lowest BCUT2D eigenvalue weighted by molar-refractivity contribution is 0.314. The highest BCUT2D eigenvalue weighted by Gasteiger charge is 2.22. The maximum absolute atomic E-state index is 8.76. The first-order chi connectivity index (χ1) is 8.20. The van der Waals surface area contributed by atoms with Crippen LogP contribution in [0, 0.1) is 11.3 Å². The maximum atomic E-state index is 8.76. The maximum Gasteiger partial charge on any atom is 0.0991 e. The van der Waals surface area contributed by atoms with Crippen LogP contribution in [-0.4, -0.2) is 38.1 Å². The fourth-order valence-corrected chi connectivity index (χ4v) is 2.42. The molecule has 3 heteroatoms. The first-order valence-corrected chi connectivity index (χ1v) is 6.12. The average Bonchev–Trinajstić information content (AvgIpc) is 2.75. The minimum absolute atomic E-state index is 0.663. The molecule has 0 aliphatic carbocycles. The molecular weight excluding hydrogens is 210 g/mol. The predicted octanol–water partition coefficient (Wildman–Crippen LogP) is 2.09. The molecule has 1 aromatic carbocycles. The Hall–Kier alpha value is -1.53. The highest BCUT2D eigenvalue weighted by molar-refractivity contribution is 5.49. The number of hydrogen-bond acceptors (Lipinski definition) is 3. The lowest BCUT2D eigenvalue weighted by atomic mass is 10.2. The molecule has 1 heterocycles. The van der Waals surface area contributed by atoms with Gasteiger partial charge in [0.25, 0.3) is 0 Å².